The standard InChI is InChI=1S/C35H25N2P/c1-3-11-25(12-4-1)38(26-13-5-2-6-14-26)27-20-22-28-24(23-27)19-21-30-29-15-7-9-17-32(29)37-33-18-10-8-16-31(33)36-35(37)34(28)30/h1-23,28,34H. The van der Waals surface area contributed by atoms with Crippen molar-refractivity contribution >= 4 is 35.1 Å². The monoisotopic (exact) mass is 504 g/mol. The fourth-order valence-corrected chi connectivity index (χ4v) is 8.64. The van der Waals surface area contributed by atoms with Gasteiger partial charge in [0.05, 0.1) is 22.6 Å². The zero-order chi connectivity index (χ0) is 25.1. The summed E-state index contributed by atoms with van der Waals surface area (Å²) in [5, 5.41) is 4.15. The minimum absolute atomic E-state index is 0.186. The van der Waals surface area contributed by atoms with Crippen LogP contribution in [0.4, 0.5) is 0 Å². The molecule has 1 aliphatic heterocycles. The minimum atomic E-state index is -0.640. The third-order valence-electron chi connectivity index (χ3n) is 7.93. The van der Waals surface area contributed by atoms with Crippen LogP contribution in [0.5, 0.6) is 0 Å². The Labute approximate surface area is 223 Å². The number of nitrogens with zero attached hydrogens (tertiary/aromatic N) is 2. The fourth-order valence-electron chi connectivity index (χ4n) is 6.29. The van der Waals surface area contributed by atoms with Gasteiger partial charge in [-0.2, -0.15) is 0 Å². The van der Waals surface area contributed by atoms with Gasteiger partial charge >= 0.3 is 0 Å². The first-order valence-corrected chi connectivity index (χ1v) is 14.5. The van der Waals surface area contributed by atoms with Crippen LogP contribution in [0.3, 0.4) is 0 Å². The SMILES string of the molecule is C1=CC2C(=CC=C3c4ccccc4-n4c(nc5ccccc54)C32)C=C1P(c1ccccc1)c1ccccc1. The van der Waals surface area contributed by atoms with Crippen LogP contribution in [-0.4, -0.2) is 9.55 Å². The van der Waals surface area contributed by atoms with E-state index in [-0.39, 0.29) is 11.8 Å². The van der Waals surface area contributed by atoms with Crippen molar-refractivity contribution in [1.82, 2.24) is 9.55 Å². The van der Waals surface area contributed by atoms with Crippen molar-refractivity contribution in [3.05, 3.63) is 162 Å². The molecule has 0 fully saturated rings. The van der Waals surface area contributed by atoms with Crippen LogP contribution in [0.15, 0.2) is 150 Å². The van der Waals surface area contributed by atoms with E-state index in [1.165, 1.54) is 43.8 Å². The molecule has 0 amide bonds. The highest BCUT2D eigenvalue weighted by molar-refractivity contribution is 7.77. The lowest BCUT2D eigenvalue weighted by Crippen LogP contribution is -2.26. The zero-order valence-corrected chi connectivity index (χ0v) is 21.7. The molecule has 2 aliphatic carbocycles. The van der Waals surface area contributed by atoms with Gasteiger partial charge in [-0.3, -0.25) is 4.57 Å². The summed E-state index contributed by atoms with van der Waals surface area (Å²) in [6.07, 6.45) is 12.0. The highest BCUT2D eigenvalue weighted by Gasteiger charge is 2.40. The normalized spacial score (nSPS) is 19.1. The van der Waals surface area contributed by atoms with E-state index in [0.29, 0.717) is 0 Å². The summed E-state index contributed by atoms with van der Waals surface area (Å²) in [7, 11) is -0.640. The first-order valence-electron chi connectivity index (χ1n) is 13.2. The Hall–Kier alpha value is -4.26. The lowest BCUT2D eigenvalue weighted by Gasteiger charge is -2.37. The van der Waals surface area contributed by atoms with Gasteiger partial charge in [-0.1, -0.05) is 121 Å². The zero-order valence-electron chi connectivity index (χ0n) is 20.8. The highest BCUT2D eigenvalue weighted by Crippen LogP contribution is 2.54. The van der Waals surface area contributed by atoms with E-state index in [2.05, 4.69) is 144 Å². The molecule has 2 heterocycles. The molecule has 0 radical (unpaired) electrons. The quantitative estimate of drug-likeness (QED) is 0.231. The smallest absolute Gasteiger partial charge is 0.123 e. The molecular formula is C35H25N2P. The van der Waals surface area contributed by atoms with E-state index in [1.807, 2.05) is 0 Å². The van der Waals surface area contributed by atoms with Crippen LogP contribution in [-0.2, 0) is 0 Å². The van der Waals surface area contributed by atoms with Crippen LogP contribution in [0.2, 0.25) is 0 Å². The maximum atomic E-state index is 5.22. The van der Waals surface area contributed by atoms with Crippen LogP contribution in [0.1, 0.15) is 17.3 Å². The molecule has 2 nitrogen and oxygen atoms in total. The molecule has 5 aromatic rings. The van der Waals surface area contributed by atoms with Gasteiger partial charge in [0.1, 0.15) is 5.82 Å². The van der Waals surface area contributed by atoms with Crippen molar-refractivity contribution < 1.29 is 0 Å². The average Bonchev–Trinajstić information content (AvgIpc) is 3.38. The average molecular weight is 505 g/mol. The first-order chi connectivity index (χ1) is 18.9. The van der Waals surface area contributed by atoms with Gasteiger partial charge in [0.15, 0.2) is 0 Å². The Morgan fingerprint density at radius 3 is 2.16 bits per heavy atom. The van der Waals surface area contributed by atoms with E-state index in [4.69, 9.17) is 4.98 Å². The molecule has 0 spiro atoms. The van der Waals surface area contributed by atoms with Crippen molar-refractivity contribution in [1.29, 1.82) is 0 Å². The number of aromatic nitrogens is 2. The molecule has 8 rings (SSSR count). The number of benzene rings is 4. The van der Waals surface area contributed by atoms with Crippen molar-refractivity contribution in [2.75, 3.05) is 0 Å². The second-order valence-corrected chi connectivity index (χ2v) is 12.3. The summed E-state index contributed by atoms with van der Waals surface area (Å²) in [5.74, 6) is 1.58. The lowest BCUT2D eigenvalue weighted by atomic mass is 9.71. The Bertz CT molecular complexity index is 1780. The maximum absolute atomic E-state index is 5.22. The van der Waals surface area contributed by atoms with Crippen molar-refractivity contribution in [3.8, 4) is 5.69 Å². The highest BCUT2D eigenvalue weighted by atomic mass is 31.1. The first kappa shape index (κ1) is 21.8. The van der Waals surface area contributed by atoms with Crippen molar-refractivity contribution in [2.45, 2.75) is 5.92 Å². The molecule has 3 heteroatoms. The topological polar surface area (TPSA) is 17.8 Å². The summed E-state index contributed by atoms with van der Waals surface area (Å²) in [4.78, 5) is 5.22. The van der Waals surface area contributed by atoms with Crippen molar-refractivity contribution in [3.63, 3.8) is 0 Å². The van der Waals surface area contributed by atoms with Crippen LogP contribution >= 0.6 is 7.92 Å². The van der Waals surface area contributed by atoms with Gasteiger partial charge in [-0.15, -0.1) is 0 Å². The molecule has 1 aromatic heterocycles. The summed E-state index contributed by atoms with van der Waals surface area (Å²) in [6, 6.07) is 39.2. The summed E-state index contributed by atoms with van der Waals surface area (Å²) in [6.45, 7) is 0. The van der Waals surface area contributed by atoms with Gasteiger partial charge in [-0.25, -0.2) is 4.98 Å². The van der Waals surface area contributed by atoms with Gasteiger partial charge in [-0.05, 0) is 53.2 Å². The number of hydrogen-bond acceptors (Lipinski definition) is 1. The summed E-state index contributed by atoms with van der Waals surface area (Å²) < 4.78 is 2.39. The molecule has 0 bridgehead atoms. The number of imidazole rings is 1. The molecule has 0 saturated carbocycles. The fraction of sp³-hybridized carbons (Fsp3) is 0.0571. The molecule has 2 unspecified atom stereocenters. The molecule has 4 aromatic carbocycles. The second-order valence-electron chi connectivity index (χ2n) is 10.0. The van der Waals surface area contributed by atoms with Gasteiger partial charge in [0.25, 0.3) is 0 Å². The second kappa shape index (κ2) is 8.65. The number of allylic oxidation sites excluding steroid dienone is 8. The van der Waals surface area contributed by atoms with Gasteiger partial charge in [0, 0.05) is 11.5 Å². The Balaban J connectivity index is 1.29. The molecule has 3 aliphatic rings. The van der Waals surface area contributed by atoms with Crippen molar-refractivity contribution in [2.24, 2.45) is 5.92 Å². The minimum Gasteiger partial charge on any atom is -0.295 e. The molecular weight excluding hydrogens is 479 g/mol. The Morgan fingerprint density at radius 2 is 1.37 bits per heavy atom. The van der Waals surface area contributed by atoms with E-state index >= 15 is 0 Å². The van der Waals surface area contributed by atoms with Gasteiger partial charge < -0.3 is 0 Å². The number of para-hydroxylation sites is 3. The maximum Gasteiger partial charge on any atom is 0.123 e. The predicted molar refractivity (Wildman–Crippen MR) is 160 cm³/mol. The molecule has 0 N–H and O–H groups in total. The molecule has 0 saturated heterocycles. The molecule has 2 atom stereocenters. The van der Waals surface area contributed by atoms with Crippen LogP contribution in [0.25, 0.3) is 22.3 Å². The lowest BCUT2D eigenvalue weighted by molar-refractivity contribution is 0.629. The summed E-state index contributed by atoms with van der Waals surface area (Å²) >= 11 is 0. The molecule has 180 valence electrons. The van der Waals surface area contributed by atoms with E-state index in [0.717, 1.165) is 11.3 Å². The summed E-state index contributed by atoms with van der Waals surface area (Å²) in [5.41, 5.74) is 7.51. The predicted octanol–water partition coefficient (Wildman–Crippen LogP) is 7.65. The Morgan fingerprint density at radius 1 is 0.684 bits per heavy atom. The van der Waals surface area contributed by atoms with E-state index in [1.54, 1.807) is 0 Å². The van der Waals surface area contributed by atoms with Crippen LogP contribution in [0, 0.1) is 5.92 Å². The third-order valence-corrected chi connectivity index (χ3v) is 10.4. The third kappa shape index (κ3) is 3.27. The number of fused-ring (bicyclic) bond motifs is 10. The van der Waals surface area contributed by atoms with E-state index < -0.39 is 7.92 Å². The number of hydrogen-bond donors (Lipinski definition) is 0. The van der Waals surface area contributed by atoms with Crippen LogP contribution < -0.4 is 10.6 Å². The number of rotatable bonds is 3. The molecule has 38 heavy (non-hydrogen) atoms. The Kier molecular flexibility index (Phi) is 4.96. The van der Waals surface area contributed by atoms with E-state index in [9.17, 15) is 0 Å². The largest absolute Gasteiger partial charge is 0.295 e. The van der Waals surface area contributed by atoms with Gasteiger partial charge in [0.2, 0.25) is 0 Å².